The quantitative estimate of drug-likeness (QED) is 0.432. The highest BCUT2D eigenvalue weighted by Gasteiger charge is 2.22. The highest BCUT2D eigenvalue weighted by atomic mass is 35.5. The highest BCUT2D eigenvalue weighted by molar-refractivity contribution is 7.89. The van der Waals surface area contributed by atoms with Gasteiger partial charge in [-0.25, -0.2) is 13.2 Å². The van der Waals surface area contributed by atoms with Crippen LogP contribution in [-0.2, 0) is 10.0 Å². The van der Waals surface area contributed by atoms with Crippen LogP contribution in [0.5, 0.6) is 5.75 Å². The van der Waals surface area contributed by atoms with Crippen LogP contribution in [0.2, 0.25) is 10.0 Å². The van der Waals surface area contributed by atoms with Crippen molar-refractivity contribution in [3.63, 3.8) is 0 Å². The Hall–Kier alpha value is -2.37. The molecule has 3 aromatic rings. The molecule has 0 fully saturated rings. The Morgan fingerprint density at radius 2 is 1.79 bits per heavy atom. The standard InChI is InChI=1S/C16H10Cl2N2O6S2/c17-7-1-4-12-10(5-7)13(18)14(27-12)15(22)19-20-28(25,26)8-2-3-11(21)9(6-8)16(23)24/h1-6,20-21H,(H,19,22)(H,23,24). The topological polar surface area (TPSA) is 133 Å². The predicted molar refractivity (Wildman–Crippen MR) is 105 cm³/mol. The monoisotopic (exact) mass is 460 g/mol. The molecule has 146 valence electrons. The highest BCUT2D eigenvalue weighted by Crippen LogP contribution is 2.36. The van der Waals surface area contributed by atoms with Crippen molar-refractivity contribution < 1.29 is 28.2 Å². The van der Waals surface area contributed by atoms with Gasteiger partial charge in [0.2, 0.25) is 0 Å². The Bertz CT molecular complexity index is 1220. The van der Waals surface area contributed by atoms with Gasteiger partial charge < -0.3 is 10.2 Å². The molecule has 0 radical (unpaired) electrons. The number of rotatable bonds is 5. The van der Waals surface area contributed by atoms with Gasteiger partial charge >= 0.3 is 5.97 Å². The Balaban J connectivity index is 1.83. The van der Waals surface area contributed by atoms with Crippen LogP contribution in [0.4, 0.5) is 0 Å². The lowest BCUT2D eigenvalue weighted by Gasteiger charge is -2.09. The van der Waals surface area contributed by atoms with Crippen LogP contribution >= 0.6 is 34.5 Å². The van der Waals surface area contributed by atoms with Gasteiger partial charge in [-0.2, -0.15) is 0 Å². The maximum atomic E-state index is 12.3. The van der Waals surface area contributed by atoms with Crippen molar-refractivity contribution in [1.82, 2.24) is 10.3 Å². The molecule has 1 heterocycles. The number of amides is 1. The summed E-state index contributed by atoms with van der Waals surface area (Å²) in [5, 5.41) is 19.5. The van der Waals surface area contributed by atoms with E-state index in [2.05, 4.69) is 0 Å². The van der Waals surface area contributed by atoms with Gasteiger partial charge in [-0.1, -0.05) is 23.2 Å². The summed E-state index contributed by atoms with van der Waals surface area (Å²) in [5.41, 5.74) is 1.43. The van der Waals surface area contributed by atoms with Gasteiger partial charge in [0.25, 0.3) is 15.9 Å². The van der Waals surface area contributed by atoms with E-state index in [9.17, 15) is 23.1 Å². The minimum absolute atomic E-state index is 0.0681. The Kier molecular flexibility index (Phi) is 5.50. The molecule has 0 bridgehead atoms. The first-order valence-electron chi connectivity index (χ1n) is 7.36. The number of hydrazine groups is 1. The minimum atomic E-state index is -4.30. The van der Waals surface area contributed by atoms with Crippen molar-refractivity contribution in [3.05, 3.63) is 56.9 Å². The number of hydrogen-bond acceptors (Lipinski definition) is 6. The largest absolute Gasteiger partial charge is 0.507 e. The van der Waals surface area contributed by atoms with Crippen molar-refractivity contribution in [2.24, 2.45) is 0 Å². The number of carbonyl (C=O) groups excluding carboxylic acids is 1. The van der Waals surface area contributed by atoms with Crippen LogP contribution in [0.3, 0.4) is 0 Å². The van der Waals surface area contributed by atoms with Crippen molar-refractivity contribution in [2.75, 3.05) is 0 Å². The summed E-state index contributed by atoms with van der Waals surface area (Å²) in [6.45, 7) is 0. The number of carboxylic acids is 1. The summed E-state index contributed by atoms with van der Waals surface area (Å²) in [7, 11) is -4.30. The molecule has 0 aliphatic carbocycles. The molecule has 4 N–H and O–H groups in total. The van der Waals surface area contributed by atoms with Crippen LogP contribution < -0.4 is 10.3 Å². The second-order valence-corrected chi connectivity index (χ2v) is 8.98. The van der Waals surface area contributed by atoms with Crippen LogP contribution in [-0.4, -0.2) is 30.5 Å². The molecule has 1 amide bonds. The van der Waals surface area contributed by atoms with Gasteiger partial charge in [0, 0.05) is 15.1 Å². The molecule has 8 nitrogen and oxygen atoms in total. The third kappa shape index (κ3) is 3.91. The predicted octanol–water partition coefficient (Wildman–Crippen LogP) is 3.24. The summed E-state index contributed by atoms with van der Waals surface area (Å²) in [5.74, 6) is -2.90. The first-order valence-corrected chi connectivity index (χ1v) is 10.4. The van der Waals surface area contributed by atoms with Gasteiger partial charge in [0.05, 0.1) is 9.92 Å². The van der Waals surface area contributed by atoms with Crippen molar-refractivity contribution in [1.29, 1.82) is 0 Å². The number of nitrogens with one attached hydrogen (secondary N) is 2. The zero-order valence-corrected chi connectivity index (χ0v) is 16.7. The molecule has 2 aromatic carbocycles. The molecule has 28 heavy (non-hydrogen) atoms. The SMILES string of the molecule is O=C(O)c1cc(S(=O)(=O)NNC(=O)c2sc3ccc(Cl)cc3c2Cl)ccc1O. The van der Waals surface area contributed by atoms with Crippen LogP contribution in [0.25, 0.3) is 10.1 Å². The van der Waals surface area contributed by atoms with E-state index in [1.807, 2.05) is 10.3 Å². The second kappa shape index (κ2) is 7.57. The number of sulfonamides is 1. The van der Waals surface area contributed by atoms with Gasteiger partial charge in [-0.3, -0.25) is 10.2 Å². The smallest absolute Gasteiger partial charge is 0.339 e. The first kappa shape index (κ1) is 20.4. The summed E-state index contributed by atoms with van der Waals surface area (Å²) >= 11 is 13.1. The number of halogens is 2. The maximum Gasteiger partial charge on any atom is 0.339 e. The van der Waals surface area contributed by atoms with E-state index >= 15 is 0 Å². The molecule has 0 unspecified atom stereocenters. The average Bonchev–Trinajstić information content (AvgIpc) is 2.96. The van der Waals surface area contributed by atoms with Crippen LogP contribution in [0, 0.1) is 0 Å². The van der Waals surface area contributed by atoms with E-state index in [1.54, 1.807) is 18.2 Å². The lowest BCUT2D eigenvalue weighted by atomic mass is 10.2. The zero-order chi connectivity index (χ0) is 20.6. The van der Waals surface area contributed by atoms with E-state index in [4.69, 9.17) is 28.3 Å². The number of aromatic carboxylic acids is 1. The number of carboxylic acid groups (broad SMARTS) is 1. The van der Waals surface area contributed by atoms with Crippen molar-refractivity contribution >= 4 is 66.5 Å². The molecule has 0 saturated carbocycles. The van der Waals surface area contributed by atoms with E-state index < -0.39 is 38.1 Å². The Morgan fingerprint density at radius 3 is 2.46 bits per heavy atom. The first-order chi connectivity index (χ1) is 13.1. The molecule has 1 aromatic heterocycles. The summed E-state index contributed by atoms with van der Waals surface area (Å²) in [6, 6.07) is 7.57. The normalized spacial score (nSPS) is 11.5. The van der Waals surface area contributed by atoms with E-state index in [1.165, 1.54) is 0 Å². The number of benzene rings is 2. The molecule has 3 rings (SSSR count). The summed E-state index contributed by atoms with van der Waals surface area (Å²) in [6.07, 6.45) is 0. The maximum absolute atomic E-state index is 12.3. The van der Waals surface area contributed by atoms with Gasteiger partial charge in [0.15, 0.2) is 0 Å². The number of thiophene rings is 1. The van der Waals surface area contributed by atoms with Gasteiger partial charge in [0.1, 0.15) is 16.2 Å². The molecule has 12 heteroatoms. The molecular weight excluding hydrogens is 451 g/mol. The fourth-order valence-corrected chi connectivity index (χ4v) is 4.69. The summed E-state index contributed by atoms with van der Waals surface area (Å²) < 4.78 is 25.3. The van der Waals surface area contributed by atoms with Crippen LogP contribution in [0.1, 0.15) is 20.0 Å². The van der Waals surface area contributed by atoms with E-state index in [-0.39, 0.29) is 9.90 Å². The minimum Gasteiger partial charge on any atom is -0.507 e. The summed E-state index contributed by atoms with van der Waals surface area (Å²) in [4.78, 5) is 24.8. The molecule has 0 aliphatic rings. The lowest BCUT2D eigenvalue weighted by molar-refractivity contribution is 0.0693. The third-order valence-electron chi connectivity index (χ3n) is 3.60. The number of carbonyl (C=O) groups is 2. The van der Waals surface area contributed by atoms with Crippen molar-refractivity contribution in [2.45, 2.75) is 4.90 Å². The van der Waals surface area contributed by atoms with Gasteiger partial charge in [-0.15, -0.1) is 16.2 Å². The fraction of sp³-hybridized carbons (Fsp3) is 0. The third-order valence-corrected chi connectivity index (χ3v) is 6.76. The Morgan fingerprint density at radius 1 is 1.07 bits per heavy atom. The van der Waals surface area contributed by atoms with E-state index in [0.717, 1.165) is 29.5 Å². The number of fused-ring (bicyclic) bond motifs is 1. The van der Waals surface area contributed by atoms with Crippen molar-refractivity contribution in [3.8, 4) is 5.75 Å². The number of hydrogen-bond donors (Lipinski definition) is 4. The molecule has 0 spiro atoms. The lowest BCUT2D eigenvalue weighted by Crippen LogP contribution is -2.41. The second-order valence-electron chi connectivity index (χ2n) is 5.43. The Labute approximate surface area is 172 Å². The molecule has 0 atom stereocenters. The van der Waals surface area contributed by atoms with Gasteiger partial charge in [-0.05, 0) is 36.4 Å². The van der Waals surface area contributed by atoms with Crippen LogP contribution in [0.15, 0.2) is 41.3 Å². The zero-order valence-electron chi connectivity index (χ0n) is 13.6. The van der Waals surface area contributed by atoms with E-state index in [0.29, 0.717) is 15.1 Å². The fourth-order valence-electron chi connectivity index (χ4n) is 2.27. The number of aromatic hydroxyl groups is 1. The number of phenols is 1. The molecular formula is C16H10Cl2N2O6S2. The average molecular weight is 461 g/mol. The molecule has 0 saturated heterocycles. The molecule has 0 aliphatic heterocycles.